The van der Waals surface area contributed by atoms with Gasteiger partial charge in [0.2, 0.25) is 0 Å². The minimum Gasteiger partial charge on any atom is -0.222 e. The highest BCUT2D eigenvalue weighted by Gasteiger charge is 2.33. The van der Waals surface area contributed by atoms with Crippen molar-refractivity contribution in [1.29, 1.82) is 0 Å². The first-order valence-electron chi connectivity index (χ1n) is 7.41. The zero-order valence-electron chi connectivity index (χ0n) is 13.1. The van der Waals surface area contributed by atoms with Gasteiger partial charge >= 0.3 is 6.18 Å². The van der Waals surface area contributed by atoms with Gasteiger partial charge in [0.05, 0.1) is 5.69 Å². The number of thioether (sulfide) groups is 1. The van der Waals surface area contributed by atoms with E-state index in [1.807, 2.05) is 12.1 Å². The maximum Gasteiger partial charge on any atom is 0.433 e. The Labute approximate surface area is 166 Å². The van der Waals surface area contributed by atoms with Crippen LogP contribution in [0.3, 0.4) is 0 Å². The fourth-order valence-corrected chi connectivity index (χ4v) is 3.34. The van der Waals surface area contributed by atoms with Crippen molar-refractivity contribution in [3.8, 4) is 11.3 Å². The predicted octanol–water partition coefficient (Wildman–Crippen LogP) is 6.87. The molecule has 0 aliphatic rings. The molecule has 8 heteroatoms. The minimum absolute atomic E-state index is 0.0766. The lowest BCUT2D eigenvalue weighted by Crippen LogP contribution is -2.10. The van der Waals surface area contributed by atoms with Gasteiger partial charge in [-0.05, 0) is 35.9 Å². The predicted molar refractivity (Wildman–Crippen MR) is 101 cm³/mol. The number of hydrogen-bond acceptors (Lipinski definition) is 3. The maximum atomic E-state index is 13.2. The number of benzene rings is 2. The molecular formula is C18H11BrClF3N2S. The van der Waals surface area contributed by atoms with E-state index in [9.17, 15) is 13.2 Å². The van der Waals surface area contributed by atoms with Crippen LogP contribution >= 0.6 is 39.3 Å². The summed E-state index contributed by atoms with van der Waals surface area (Å²) in [6.45, 7) is 0. The molecule has 0 spiro atoms. The average Bonchev–Trinajstić information content (AvgIpc) is 2.61. The van der Waals surface area contributed by atoms with Crippen LogP contribution in [0.4, 0.5) is 13.2 Å². The van der Waals surface area contributed by atoms with E-state index in [4.69, 9.17) is 11.6 Å². The molecule has 2 nitrogen and oxygen atoms in total. The van der Waals surface area contributed by atoms with E-state index in [2.05, 4.69) is 25.9 Å². The van der Waals surface area contributed by atoms with E-state index in [-0.39, 0.29) is 10.9 Å². The smallest absolute Gasteiger partial charge is 0.222 e. The number of aromatic nitrogens is 2. The molecule has 2 aromatic carbocycles. The first-order chi connectivity index (χ1) is 12.3. The second kappa shape index (κ2) is 7.98. The molecule has 0 aliphatic carbocycles. The third-order valence-corrected chi connectivity index (χ3v) is 5.12. The number of nitrogens with zero attached hydrogens (tertiary/aromatic N) is 2. The van der Waals surface area contributed by atoms with Crippen LogP contribution in [0.25, 0.3) is 11.3 Å². The summed E-state index contributed by atoms with van der Waals surface area (Å²) >= 11 is 10.3. The molecule has 0 unspecified atom stereocenters. The Kier molecular flexibility index (Phi) is 5.89. The van der Waals surface area contributed by atoms with Gasteiger partial charge in [-0.3, -0.25) is 0 Å². The Morgan fingerprint density at radius 3 is 2.23 bits per heavy atom. The van der Waals surface area contributed by atoms with E-state index in [0.717, 1.165) is 27.9 Å². The topological polar surface area (TPSA) is 25.8 Å². The Morgan fingerprint density at radius 1 is 0.962 bits per heavy atom. The highest BCUT2D eigenvalue weighted by molar-refractivity contribution is 9.10. The number of halogens is 5. The summed E-state index contributed by atoms with van der Waals surface area (Å²) < 4.78 is 40.5. The molecule has 0 bridgehead atoms. The van der Waals surface area contributed by atoms with Gasteiger partial charge in [-0.1, -0.05) is 63.6 Å². The van der Waals surface area contributed by atoms with Crippen molar-refractivity contribution in [2.75, 3.05) is 0 Å². The van der Waals surface area contributed by atoms with Crippen LogP contribution in [0.2, 0.25) is 5.02 Å². The Bertz CT molecular complexity index is 900. The van der Waals surface area contributed by atoms with Crippen LogP contribution in [0.5, 0.6) is 0 Å². The van der Waals surface area contributed by atoms with Gasteiger partial charge in [0.15, 0.2) is 5.16 Å². The van der Waals surface area contributed by atoms with Gasteiger partial charge in [0.1, 0.15) is 5.69 Å². The van der Waals surface area contributed by atoms with Crippen LogP contribution in [-0.2, 0) is 11.9 Å². The summed E-state index contributed by atoms with van der Waals surface area (Å²) in [6.07, 6.45) is -4.54. The van der Waals surface area contributed by atoms with E-state index in [1.165, 1.54) is 0 Å². The SMILES string of the molecule is FC(F)(F)c1cc(-c2ccc(Br)cc2)nc(SCc2ccc(Cl)cc2)n1. The molecule has 1 heterocycles. The van der Waals surface area contributed by atoms with Crippen LogP contribution in [0.1, 0.15) is 11.3 Å². The molecule has 134 valence electrons. The Balaban J connectivity index is 1.92. The van der Waals surface area contributed by atoms with Crippen molar-refractivity contribution in [3.05, 3.63) is 75.4 Å². The van der Waals surface area contributed by atoms with Gasteiger partial charge in [-0.25, -0.2) is 9.97 Å². The zero-order chi connectivity index (χ0) is 18.7. The van der Waals surface area contributed by atoms with Crippen molar-refractivity contribution in [2.45, 2.75) is 17.1 Å². The lowest BCUT2D eigenvalue weighted by molar-refractivity contribution is -0.141. The Hall–Kier alpha value is -1.57. The largest absolute Gasteiger partial charge is 0.433 e. The second-order valence-electron chi connectivity index (χ2n) is 5.34. The van der Waals surface area contributed by atoms with E-state index in [1.54, 1.807) is 36.4 Å². The van der Waals surface area contributed by atoms with Crippen molar-refractivity contribution in [2.24, 2.45) is 0 Å². The monoisotopic (exact) mass is 458 g/mol. The van der Waals surface area contributed by atoms with Crippen molar-refractivity contribution in [3.63, 3.8) is 0 Å². The number of hydrogen-bond donors (Lipinski definition) is 0. The van der Waals surface area contributed by atoms with Gasteiger partial charge < -0.3 is 0 Å². The highest BCUT2D eigenvalue weighted by Crippen LogP contribution is 2.33. The average molecular weight is 460 g/mol. The molecule has 0 saturated heterocycles. The van der Waals surface area contributed by atoms with Gasteiger partial charge in [0.25, 0.3) is 0 Å². The number of rotatable bonds is 4. The summed E-state index contributed by atoms with van der Waals surface area (Å²) in [5.74, 6) is 0.443. The van der Waals surface area contributed by atoms with Crippen molar-refractivity contribution < 1.29 is 13.2 Å². The molecule has 0 aliphatic heterocycles. The molecule has 0 N–H and O–H groups in total. The molecule has 0 fully saturated rings. The van der Waals surface area contributed by atoms with Gasteiger partial charge in [0, 0.05) is 20.8 Å². The maximum absolute atomic E-state index is 13.2. The quantitative estimate of drug-likeness (QED) is 0.314. The zero-order valence-corrected chi connectivity index (χ0v) is 16.3. The summed E-state index contributed by atoms with van der Waals surface area (Å²) in [6, 6.07) is 15.0. The third-order valence-electron chi connectivity index (χ3n) is 3.42. The molecule has 26 heavy (non-hydrogen) atoms. The molecule has 1 aromatic heterocycles. The van der Waals surface area contributed by atoms with E-state index < -0.39 is 11.9 Å². The van der Waals surface area contributed by atoms with Crippen LogP contribution in [0, 0.1) is 0 Å². The highest BCUT2D eigenvalue weighted by atomic mass is 79.9. The second-order valence-corrected chi connectivity index (χ2v) is 7.64. The van der Waals surface area contributed by atoms with Crippen molar-refractivity contribution >= 4 is 39.3 Å². The summed E-state index contributed by atoms with van der Waals surface area (Å²) in [7, 11) is 0. The molecule has 3 rings (SSSR count). The molecule has 0 saturated carbocycles. The van der Waals surface area contributed by atoms with Crippen LogP contribution < -0.4 is 0 Å². The lowest BCUT2D eigenvalue weighted by atomic mass is 10.1. The molecule has 0 atom stereocenters. The van der Waals surface area contributed by atoms with Gasteiger partial charge in [-0.15, -0.1) is 0 Å². The van der Waals surface area contributed by atoms with Crippen LogP contribution in [0.15, 0.2) is 64.2 Å². The summed E-state index contributed by atoms with van der Waals surface area (Å²) in [5.41, 5.74) is 0.794. The first kappa shape index (κ1) is 19.2. The third kappa shape index (κ3) is 4.99. The summed E-state index contributed by atoms with van der Waals surface area (Å²) in [5, 5.41) is 0.680. The van der Waals surface area contributed by atoms with Gasteiger partial charge in [-0.2, -0.15) is 13.2 Å². The molecule has 3 aromatic rings. The Morgan fingerprint density at radius 2 is 1.62 bits per heavy atom. The molecule has 0 amide bonds. The normalized spacial score (nSPS) is 11.6. The minimum atomic E-state index is -4.54. The fourth-order valence-electron chi connectivity index (χ4n) is 2.13. The first-order valence-corrected chi connectivity index (χ1v) is 9.56. The molecule has 0 radical (unpaired) electrons. The lowest BCUT2D eigenvalue weighted by Gasteiger charge is -2.10. The van der Waals surface area contributed by atoms with E-state index in [0.29, 0.717) is 16.3 Å². The summed E-state index contributed by atoms with van der Waals surface area (Å²) in [4.78, 5) is 7.96. The number of alkyl halides is 3. The van der Waals surface area contributed by atoms with Crippen molar-refractivity contribution in [1.82, 2.24) is 9.97 Å². The van der Waals surface area contributed by atoms with Crippen LogP contribution in [-0.4, -0.2) is 9.97 Å². The fraction of sp³-hybridized carbons (Fsp3) is 0.111. The van der Waals surface area contributed by atoms with E-state index >= 15 is 0 Å². The standard InChI is InChI=1S/C18H11BrClF3N2S/c19-13-5-3-12(4-6-13)15-9-16(18(21,22)23)25-17(24-15)26-10-11-1-7-14(20)8-2-11/h1-9H,10H2. The molecular weight excluding hydrogens is 449 g/mol.